The summed E-state index contributed by atoms with van der Waals surface area (Å²) in [6, 6.07) is 8.90. The molecule has 1 aliphatic rings. The third-order valence-electron chi connectivity index (χ3n) is 3.63. The molecular weight excluding hydrogens is 227 g/mol. The molecule has 1 aromatic carbocycles. The molecule has 2 nitrogen and oxygen atoms in total. The average Bonchev–Trinajstić information content (AvgIpc) is 2.60. The van der Waals surface area contributed by atoms with E-state index in [1.807, 2.05) is 32.0 Å². The van der Waals surface area contributed by atoms with Crippen LogP contribution in [0.15, 0.2) is 30.5 Å². The fourth-order valence-corrected chi connectivity index (χ4v) is 2.79. The number of nitriles is 1. The second-order valence-electron chi connectivity index (χ2n) is 4.98. The van der Waals surface area contributed by atoms with Crippen LogP contribution in [0.3, 0.4) is 0 Å². The Labute approximate surface area is 105 Å². The highest BCUT2D eigenvalue weighted by Gasteiger charge is 2.39. The first-order valence-electron chi connectivity index (χ1n) is 5.76. The van der Waals surface area contributed by atoms with Crippen molar-refractivity contribution in [1.29, 1.82) is 5.26 Å². The van der Waals surface area contributed by atoms with Crippen molar-refractivity contribution < 1.29 is 4.39 Å². The Morgan fingerprint density at radius 2 is 2.06 bits per heavy atom. The van der Waals surface area contributed by atoms with E-state index >= 15 is 0 Å². The molecule has 18 heavy (non-hydrogen) atoms. The van der Waals surface area contributed by atoms with E-state index in [9.17, 15) is 9.65 Å². The number of rotatable bonds is 0. The van der Waals surface area contributed by atoms with E-state index in [2.05, 4.69) is 4.98 Å². The van der Waals surface area contributed by atoms with Crippen LogP contribution in [0, 0.1) is 17.1 Å². The molecule has 0 spiro atoms. The molecule has 0 amide bonds. The van der Waals surface area contributed by atoms with Gasteiger partial charge in [-0.2, -0.15) is 5.26 Å². The van der Waals surface area contributed by atoms with Crippen LogP contribution >= 0.6 is 0 Å². The quantitative estimate of drug-likeness (QED) is 0.705. The lowest BCUT2D eigenvalue weighted by molar-refractivity contribution is 0.604. The Morgan fingerprint density at radius 3 is 2.78 bits per heavy atom. The highest BCUT2D eigenvalue weighted by molar-refractivity contribution is 5.80. The van der Waals surface area contributed by atoms with Gasteiger partial charge in [-0.15, -0.1) is 0 Å². The molecule has 0 fully saturated rings. The topological polar surface area (TPSA) is 36.7 Å². The molecule has 3 rings (SSSR count). The largest absolute Gasteiger partial charge is 0.256 e. The van der Waals surface area contributed by atoms with Crippen molar-refractivity contribution in [3.05, 3.63) is 53.0 Å². The van der Waals surface area contributed by atoms with Gasteiger partial charge in [0.2, 0.25) is 0 Å². The van der Waals surface area contributed by atoms with Crippen LogP contribution in [0.2, 0.25) is 0 Å². The van der Waals surface area contributed by atoms with Crippen LogP contribution in [-0.4, -0.2) is 4.98 Å². The van der Waals surface area contributed by atoms with E-state index in [0.717, 1.165) is 22.4 Å². The van der Waals surface area contributed by atoms with Gasteiger partial charge in [0, 0.05) is 17.2 Å². The van der Waals surface area contributed by atoms with E-state index in [1.54, 1.807) is 12.3 Å². The van der Waals surface area contributed by atoms with Crippen LogP contribution in [0.25, 0.3) is 11.3 Å². The van der Waals surface area contributed by atoms with Gasteiger partial charge in [-0.3, -0.25) is 4.98 Å². The summed E-state index contributed by atoms with van der Waals surface area (Å²) in [5.41, 5.74) is 3.27. The zero-order valence-electron chi connectivity index (χ0n) is 10.2. The first kappa shape index (κ1) is 10.9. The molecule has 1 aliphatic carbocycles. The molecule has 88 valence electrons. The minimum Gasteiger partial charge on any atom is -0.256 e. The maximum atomic E-state index is 13.8. The van der Waals surface area contributed by atoms with Crippen molar-refractivity contribution in [1.82, 2.24) is 4.98 Å². The maximum absolute atomic E-state index is 13.8. The van der Waals surface area contributed by atoms with Gasteiger partial charge >= 0.3 is 0 Å². The molecule has 1 heterocycles. The van der Waals surface area contributed by atoms with Gasteiger partial charge in [-0.25, -0.2) is 4.39 Å². The lowest BCUT2D eigenvalue weighted by atomic mass is 9.80. The number of aromatic nitrogens is 1. The third-order valence-corrected chi connectivity index (χ3v) is 3.63. The van der Waals surface area contributed by atoms with Gasteiger partial charge in [0.1, 0.15) is 11.9 Å². The fraction of sp³-hybridized carbons (Fsp3) is 0.200. The summed E-state index contributed by atoms with van der Waals surface area (Å²) in [5, 5.41) is 9.18. The zero-order valence-corrected chi connectivity index (χ0v) is 10.2. The third kappa shape index (κ3) is 1.18. The Bertz CT molecular complexity index is 696. The first-order valence-corrected chi connectivity index (χ1v) is 5.76. The minimum absolute atomic E-state index is 0.135. The van der Waals surface area contributed by atoms with Crippen molar-refractivity contribution in [3.63, 3.8) is 0 Å². The molecule has 2 aromatic rings. The first-order chi connectivity index (χ1) is 8.57. The Morgan fingerprint density at radius 1 is 1.28 bits per heavy atom. The number of fused-ring (bicyclic) bond motifs is 3. The number of hydrogen-bond acceptors (Lipinski definition) is 2. The Hall–Kier alpha value is -2.21. The van der Waals surface area contributed by atoms with Gasteiger partial charge in [-0.1, -0.05) is 19.9 Å². The molecule has 0 atom stereocenters. The highest BCUT2D eigenvalue weighted by atomic mass is 19.1. The molecule has 0 N–H and O–H groups in total. The van der Waals surface area contributed by atoms with Crippen LogP contribution in [0.1, 0.15) is 30.5 Å². The van der Waals surface area contributed by atoms with Gasteiger partial charge in [-0.05, 0) is 29.3 Å². The van der Waals surface area contributed by atoms with Gasteiger partial charge in [0.15, 0.2) is 0 Å². The summed E-state index contributed by atoms with van der Waals surface area (Å²) in [7, 11) is 0. The van der Waals surface area contributed by atoms with Crippen LogP contribution < -0.4 is 0 Å². The average molecular weight is 238 g/mol. The minimum atomic E-state index is -0.461. The van der Waals surface area contributed by atoms with Crippen molar-refractivity contribution in [3.8, 4) is 17.3 Å². The summed E-state index contributed by atoms with van der Waals surface area (Å²) < 4.78 is 13.8. The zero-order chi connectivity index (χ0) is 12.9. The molecule has 1 aromatic heterocycles. The van der Waals surface area contributed by atoms with E-state index in [1.165, 1.54) is 6.07 Å². The van der Waals surface area contributed by atoms with E-state index < -0.39 is 5.82 Å². The summed E-state index contributed by atoms with van der Waals surface area (Å²) in [4.78, 5) is 4.37. The fourth-order valence-electron chi connectivity index (χ4n) is 2.79. The van der Waals surface area contributed by atoms with Gasteiger partial charge in [0.05, 0.1) is 11.3 Å². The number of halogens is 1. The second kappa shape index (κ2) is 3.39. The molecule has 0 saturated carbocycles. The summed E-state index contributed by atoms with van der Waals surface area (Å²) in [6.07, 6.45) is 1.72. The molecule has 0 unspecified atom stereocenters. The van der Waals surface area contributed by atoms with Crippen LogP contribution in [-0.2, 0) is 5.41 Å². The molecule has 0 saturated heterocycles. The van der Waals surface area contributed by atoms with Crippen LogP contribution in [0.5, 0.6) is 0 Å². The standard InChI is InChI=1S/C15H11FN2/c1-15(2)11-4-3-7-18-14(11)9-5-6-12(16)10(8-17)13(9)15/h3-7H,1-2H3. The van der Waals surface area contributed by atoms with E-state index in [-0.39, 0.29) is 11.0 Å². The van der Waals surface area contributed by atoms with Crippen molar-refractivity contribution in [2.45, 2.75) is 19.3 Å². The number of benzene rings is 1. The van der Waals surface area contributed by atoms with Crippen LogP contribution in [0.4, 0.5) is 4.39 Å². The number of hydrogen-bond donors (Lipinski definition) is 0. The van der Waals surface area contributed by atoms with Crippen molar-refractivity contribution >= 4 is 0 Å². The summed E-state index contributed by atoms with van der Waals surface area (Å²) in [5.74, 6) is -0.461. The second-order valence-corrected chi connectivity index (χ2v) is 4.98. The molecular formula is C15H11FN2. The highest BCUT2D eigenvalue weighted by Crippen LogP contribution is 2.49. The lowest BCUT2D eigenvalue weighted by Gasteiger charge is -2.21. The molecule has 0 bridgehead atoms. The normalized spacial score (nSPS) is 14.8. The van der Waals surface area contributed by atoms with Gasteiger partial charge in [0.25, 0.3) is 0 Å². The maximum Gasteiger partial charge on any atom is 0.141 e. The molecule has 3 heteroatoms. The van der Waals surface area contributed by atoms with Gasteiger partial charge < -0.3 is 0 Å². The molecule has 0 radical (unpaired) electrons. The smallest absolute Gasteiger partial charge is 0.141 e. The van der Waals surface area contributed by atoms with E-state index in [4.69, 9.17) is 0 Å². The SMILES string of the molecule is CC1(C)c2cccnc2-c2ccc(F)c(C#N)c21. The summed E-state index contributed by atoms with van der Waals surface area (Å²) >= 11 is 0. The Balaban J connectivity index is 2.46. The predicted octanol–water partition coefficient (Wildman–Crippen LogP) is 3.40. The van der Waals surface area contributed by atoms with Crippen molar-refractivity contribution in [2.24, 2.45) is 0 Å². The number of pyridine rings is 1. The monoisotopic (exact) mass is 238 g/mol. The van der Waals surface area contributed by atoms with E-state index in [0.29, 0.717) is 0 Å². The van der Waals surface area contributed by atoms with Crippen molar-refractivity contribution in [2.75, 3.05) is 0 Å². The number of nitrogens with zero attached hydrogens (tertiary/aromatic N) is 2. The lowest BCUT2D eigenvalue weighted by Crippen LogP contribution is -2.17. The summed E-state index contributed by atoms with van der Waals surface area (Å²) in [6.45, 7) is 4.00. The Kier molecular flexibility index (Phi) is 2.06. The molecule has 0 aliphatic heterocycles. The predicted molar refractivity (Wildman–Crippen MR) is 66.5 cm³/mol.